The molecule has 3 aromatic rings. The van der Waals surface area contributed by atoms with Crippen LogP contribution in [-0.2, 0) is 0 Å². The zero-order valence-corrected chi connectivity index (χ0v) is 12.8. The first-order chi connectivity index (χ1) is 10.8. The first-order valence-corrected chi connectivity index (χ1v) is 7.86. The van der Waals surface area contributed by atoms with E-state index in [0.29, 0.717) is 5.84 Å². The van der Waals surface area contributed by atoms with Gasteiger partial charge in [0.1, 0.15) is 5.84 Å². The van der Waals surface area contributed by atoms with E-state index in [-0.39, 0.29) is 0 Å². The van der Waals surface area contributed by atoms with Gasteiger partial charge in [0.05, 0.1) is 5.69 Å². The summed E-state index contributed by atoms with van der Waals surface area (Å²) >= 11 is 1.69. The Balaban J connectivity index is 1.92. The van der Waals surface area contributed by atoms with Crippen molar-refractivity contribution in [3.63, 3.8) is 0 Å². The fraction of sp³-hybridized carbons (Fsp3) is 0. The fourth-order valence-electron chi connectivity index (χ4n) is 2.05. The van der Waals surface area contributed by atoms with Crippen LogP contribution in [0.4, 0.5) is 5.69 Å². The Morgan fingerprint density at radius 1 is 0.727 bits per heavy atom. The average molecular weight is 304 g/mol. The Bertz CT molecular complexity index is 768. The zero-order chi connectivity index (χ0) is 15.2. The lowest BCUT2D eigenvalue weighted by Crippen LogP contribution is -2.12. The second kappa shape index (κ2) is 6.96. The van der Waals surface area contributed by atoms with Crippen LogP contribution in [0.25, 0.3) is 0 Å². The standard InChI is InChI=1S/C19H16N2S/c20-19(15-9-3-1-4-10-15)21-17-13-7-8-14-18(17)22-16-11-5-2-6-12-16/h1-14H,(H2,20,21). The summed E-state index contributed by atoms with van der Waals surface area (Å²) in [6.45, 7) is 0. The summed E-state index contributed by atoms with van der Waals surface area (Å²) < 4.78 is 0. The number of rotatable bonds is 4. The van der Waals surface area contributed by atoms with Crippen molar-refractivity contribution in [2.75, 3.05) is 0 Å². The molecule has 0 radical (unpaired) electrons. The largest absolute Gasteiger partial charge is 0.383 e. The van der Waals surface area contributed by atoms with Crippen LogP contribution >= 0.6 is 11.8 Å². The average Bonchev–Trinajstić information content (AvgIpc) is 2.58. The Morgan fingerprint density at radius 3 is 2.05 bits per heavy atom. The van der Waals surface area contributed by atoms with E-state index < -0.39 is 0 Å². The molecule has 108 valence electrons. The van der Waals surface area contributed by atoms with E-state index in [2.05, 4.69) is 23.2 Å². The minimum absolute atomic E-state index is 0.529. The van der Waals surface area contributed by atoms with Gasteiger partial charge in [-0.25, -0.2) is 4.99 Å². The van der Waals surface area contributed by atoms with E-state index in [0.717, 1.165) is 16.1 Å². The van der Waals surface area contributed by atoms with Gasteiger partial charge < -0.3 is 5.73 Å². The summed E-state index contributed by atoms with van der Waals surface area (Å²) in [5, 5.41) is 0. The lowest BCUT2D eigenvalue weighted by molar-refractivity contribution is 1.34. The third-order valence-corrected chi connectivity index (χ3v) is 4.22. The highest BCUT2D eigenvalue weighted by atomic mass is 32.2. The van der Waals surface area contributed by atoms with E-state index in [4.69, 9.17) is 5.73 Å². The SMILES string of the molecule is N/C(=N/c1ccccc1Sc1ccccc1)c1ccccc1. The van der Waals surface area contributed by atoms with Crippen LogP contribution in [0, 0.1) is 0 Å². The van der Waals surface area contributed by atoms with Crippen molar-refractivity contribution in [3.8, 4) is 0 Å². The van der Waals surface area contributed by atoms with Gasteiger partial charge in [0, 0.05) is 15.4 Å². The lowest BCUT2D eigenvalue weighted by atomic mass is 10.2. The van der Waals surface area contributed by atoms with Crippen molar-refractivity contribution in [1.82, 2.24) is 0 Å². The molecule has 0 fully saturated rings. The highest BCUT2D eigenvalue weighted by molar-refractivity contribution is 7.99. The topological polar surface area (TPSA) is 38.4 Å². The number of aliphatic imine (C=N–C) groups is 1. The van der Waals surface area contributed by atoms with Crippen LogP contribution in [0.1, 0.15) is 5.56 Å². The third kappa shape index (κ3) is 3.57. The summed E-state index contributed by atoms with van der Waals surface area (Å²) in [6.07, 6.45) is 0. The number of hydrogen-bond acceptors (Lipinski definition) is 2. The Morgan fingerprint density at radius 2 is 1.32 bits per heavy atom. The van der Waals surface area contributed by atoms with Crippen molar-refractivity contribution < 1.29 is 0 Å². The maximum atomic E-state index is 6.13. The molecule has 0 aliphatic carbocycles. The second-order valence-electron chi connectivity index (χ2n) is 4.75. The number of hydrogen-bond donors (Lipinski definition) is 1. The molecule has 2 nitrogen and oxygen atoms in total. The number of para-hydroxylation sites is 1. The molecule has 0 aliphatic rings. The smallest absolute Gasteiger partial charge is 0.131 e. The van der Waals surface area contributed by atoms with E-state index in [1.54, 1.807) is 11.8 Å². The molecular weight excluding hydrogens is 288 g/mol. The van der Waals surface area contributed by atoms with Crippen LogP contribution in [-0.4, -0.2) is 5.84 Å². The molecule has 3 aromatic carbocycles. The minimum atomic E-state index is 0.529. The van der Waals surface area contributed by atoms with Gasteiger partial charge >= 0.3 is 0 Å². The molecule has 0 amide bonds. The monoisotopic (exact) mass is 304 g/mol. The van der Waals surface area contributed by atoms with Crippen LogP contribution in [0.3, 0.4) is 0 Å². The highest BCUT2D eigenvalue weighted by Gasteiger charge is 2.04. The molecule has 0 bridgehead atoms. The first kappa shape index (κ1) is 14.4. The third-order valence-electron chi connectivity index (χ3n) is 3.15. The van der Waals surface area contributed by atoms with Crippen molar-refractivity contribution in [2.45, 2.75) is 9.79 Å². The number of amidine groups is 1. The molecular formula is C19H16N2S. The Kier molecular flexibility index (Phi) is 4.56. The lowest BCUT2D eigenvalue weighted by Gasteiger charge is -2.07. The molecule has 3 heteroatoms. The number of benzene rings is 3. The van der Waals surface area contributed by atoms with E-state index in [1.807, 2.05) is 66.7 Å². The quantitative estimate of drug-likeness (QED) is 0.551. The van der Waals surface area contributed by atoms with E-state index in [9.17, 15) is 0 Å². The predicted octanol–water partition coefficient (Wildman–Crippen LogP) is 4.87. The number of nitrogens with two attached hydrogens (primary N) is 1. The summed E-state index contributed by atoms with van der Waals surface area (Å²) in [5.74, 6) is 0.529. The molecule has 3 rings (SSSR count). The van der Waals surface area contributed by atoms with Crippen LogP contribution in [0.2, 0.25) is 0 Å². The van der Waals surface area contributed by atoms with E-state index >= 15 is 0 Å². The van der Waals surface area contributed by atoms with Gasteiger partial charge in [0.25, 0.3) is 0 Å². The predicted molar refractivity (Wildman–Crippen MR) is 93.8 cm³/mol. The van der Waals surface area contributed by atoms with Gasteiger partial charge in [-0.3, -0.25) is 0 Å². The molecule has 0 heterocycles. The molecule has 0 aliphatic heterocycles. The van der Waals surface area contributed by atoms with Gasteiger partial charge in [-0.2, -0.15) is 0 Å². The summed E-state index contributed by atoms with van der Waals surface area (Å²) in [5.41, 5.74) is 7.95. The molecule has 0 saturated carbocycles. The maximum Gasteiger partial charge on any atom is 0.131 e. The normalized spacial score (nSPS) is 11.4. The van der Waals surface area contributed by atoms with Gasteiger partial charge in [-0.15, -0.1) is 0 Å². The Hall–Kier alpha value is -2.52. The molecule has 0 spiro atoms. The summed E-state index contributed by atoms with van der Waals surface area (Å²) in [4.78, 5) is 6.87. The summed E-state index contributed by atoms with van der Waals surface area (Å²) in [7, 11) is 0. The van der Waals surface area contributed by atoms with Gasteiger partial charge in [-0.05, 0) is 24.3 Å². The maximum absolute atomic E-state index is 6.13. The van der Waals surface area contributed by atoms with E-state index in [1.165, 1.54) is 4.90 Å². The van der Waals surface area contributed by atoms with Gasteiger partial charge in [-0.1, -0.05) is 72.4 Å². The first-order valence-electron chi connectivity index (χ1n) is 7.04. The van der Waals surface area contributed by atoms with Gasteiger partial charge in [0.15, 0.2) is 0 Å². The minimum Gasteiger partial charge on any atom is -0.383 e. The van der Waals surface area contributed by atoms with Crippen LogP contribution in [0.15, 0.2) is 99.7 Å². The number of nitrogens with zero attached hydrogens (tertiary/aromatic N) is 1. The van der Waals surface area contributed by atoms with Gasteiger partial charge in [0.2, 0.25) is 0 Å². The fourth-order valence-corrected chi connectivity index (χ4v) is 2.97. The molecule has 2 N–H and O–H groups in total. The van der Waals surface area contributed by atoms with Crippen LogP contribution < -0.4 is 5.73 Å². The second-order valence-corrected chi connectivity index (χ2v) is 5.86. The highest BCUT2D eigenvalue weighted by Crippen LogP contribution is 2.34. The van der Waals surface area contributed by atoms with Crippen molar-refractivity contribution in [2.24, 2.45) is 10.7 Å². The molecule has 0 unspecified atom stereocenters. The molecule has 0 saturated heterocycles. The van der Waals surface area contributed by atoms with Crippen molar-refractivity contribution >= 4 is 23.3 Å². The molecule has 0 aromatic heterocycles. The van der Waals surface area contributed by atoms with Crippen molar-refractivity contribution in [1.29, 1.82) is 0 Å². The zero-order valence-electron chi connectivity index (χ0n) is 12.0. The molecule has 0 atom stereocenters. The van der Waals surface area contributed by atoms with Crippen molar-refractivity contribution in [3.05, 3.63) is 90.5 Å². The molecule has 22 heavy (non-hydrogen) atoms. The summed E-state index contributed by atoms with van der Waals surface area (Å²) in [6, 6.07) is 28.1. The van der Waals surface area contributed by atoms with Crippen LogP contribution in [0.5, 0.6) is 0 Å². The Labute approximate surface area is 134 Å².